The summed E-state index contributed by atoms with van der Waals surface area (Å²) < 4.78 is 0. The van der Waals surface area contributed by atoms with E-state index in [4.69, 9.17) is 22.9 Å². The zero-order chi connectivity index (χ0) is 20.3. The summed E-state index contributed by atoms with van der Waals surface area (Å²) in [7, 11) is 0. The van der Waals surface area contributed by atoms with Gasteiger partial charge in [-0.3, -0.25) is 0 Å². The van der Waals surface area contributed by atoms with Crippen molar-refractivity contribution >= 4 is 22.7 Å². The number of nitrogens with two attached hydrogens (primary N) is 4. The van der Waals surface area contributed by atoms with Gasteiger partial charge in [0.2, 0.25) is 0 Å². The zero-order valence-corrected chi connectivity index (χ0v) is 17.4. The van der Waals surface area contributed by atoms with Crippen molar-refractivity contribution in [2.24, 2.45) is 0 Å². The van der Waals surface area contributed by atoms with Crippen molar-refractivity contribution in [1.82, 2.24) is 0 Å². The highest BCUT2D eigenvalue weighted by atomic mass is 14.7. The Hall–Kier alpha value is -2.36. The van der Waals surface area contributed by atoms with Crippen molar-refractivity contribution in [1.29, 1.82) is 0 Å². The third kappa shape index (κ3) is 3.74. The highest BCUT2D eigenvalue weighted by molar-refractivity contribution is 5.70. The highest BCUT2D eigenvalue weighted by Gasteiger charge is 2.47. The molecule has 3 rings (SSSR count). The van der Waals surface area contributed by atoms with Crippen molar-refractivity contribution in [3.63, 3.8) is 0 Å². The Morgan fingerprint density at radius 2 is 1.15 bits per heavy atom. The Kier molecular flexibility index (Phi) is 6.59. The van der Waals surface area contributed by atoms with Crippen LogP contribution in [-0.4, -0.2) is 0 Å². The van der Waals surface area contributed by atoms with Crippen LogP contribution in [0.2, 0.25) is 0 Å². The molecule has 4 nitrogen and oxygen atoms in total. The number of hydrogen-bond acceptors (Lipinski definition) is 4. The molecule has 2 aromatic carbocycles. The summed E-state index contributed by atoms with van der Waals surface area (Å²) in [6.07, 6.45) is 0.936. The molecule has 26 heavy (non-hydrogen) atoms. The first kappa shape index (κ1) is 21.7. The third-order valence-electron chi connectivity index (χ3n) is 4.88. The minimum atomic E-state index is -0.222. The summed E-state index contributed by atoms with van der Waals surface area (Å²) >= 11 is 0. The molecule has 4 heteroatoms. The predicted octanol–water partition coefficient (Wildman–Crippen LogP) is 5.06. The topological polar surface area (TPSA) is 104 Å². The lowest BCUT2D eigenvalue weighted by Crippen LogP contribution is -2.24. The molecule has 2 aromatic rings. The van der Waals surface area contributed by atoms with Crippen LogP contribution in [0, 0.1) is 0 Å². The molecule has 1 aliphatic carbocycles. The van der Waals surface area contributed by atoms with Crippen molar-refractivity contribution in [3.8, 4) is 0 Å². The second kappa shape index (κ2) is 7.90. The lowest BCUT2D eigenvalue weighted by atomic mass is 9.74. The van der Waals surface area contributed by atoms with Gasteiger partial charge in [0.25, 0.3) is 0 Å². The maximum atomic E-state index is 6.34. The number of benzene rings is 2. The smallest absolute Gasteiger partial charge is 0.0379 e. The first-order chi connectivity index (χ1) is 12.1. The largest absolute Gasteiger partial charge is 0.399 e. The number of hydrogen-bond donors (Lipinski definition) is 4. The second-order valence-electron chi connectivity index (χ2n) is 7.31. The van der Waals surface area contributed by atoms with Crippen LogP contribution in [-0.2, 0) is 10.8 Å². The molecule has 144 valence electrons. The van der Waals surface area contributed by atoms with Gasteiger partial charge in [-0.1, -0.05) is 48.5 Å². The van der Waals surface area contributed by atoms with Gasteiger partial charge in [0.05, 0.1) is 0 Å². The number of anilines is 4. The number of fused-ring (bicyclic) bond motifs is 1. The van der Waals surface area contributed by atoms with Gasteiger partial charge in [-0.2, -0.15) is 0 Å². The van der Waals surface area contributed by atoms with Gasteiger partial charge in [-0.25, -0.2) is 0 Å². The Morgan fingerprint density at radius 1 is 0.692 bits per heavy atom. The van der Waals surface area contributed by atoms with Gasteiger partial charge in [-0.15, -0.1) is 0 Å². The van der Waals surface area contributed by atoms with E-state index in [2.05, 4.69) is 20.8 Å². The van der Waals surface area contributed by atoms with E-state index in [1.165, 1.54) is 5.56 Å². The summed E-state index contributed by atoms with van der Waals surface area (Å²) in [5.41, 5.74) is 30.4. The lowest BCUT2D eigenvalue weighted by molar-refractivity contribution is 0.425. The van der Waals surface area contributed by atoms with Crippen molar-refractivity contribution in [3.05, 3.63) is 47.0 Å². The average Bonchev–Trinajstić information content (AvgIpc) is 2.77. The summed E-state index contributed by atoms with van der Waals surface area (Å²) in [4.78, 5) is 0. The maximum Gasteiger partial charge on any atom is 0.0379 e. The summed E-state index contributed by atoms with van der Waals surface area (Å²) in [6, 6.07) is 9.66. The van der Waals surface area contributed by atoms with Crippen LogP contribution in [0.15, 0.2) is 30.3 Å². The summed E-state index contributed by atoms with van der Waals surface area (Å²) in [5.74, 6) is 0. The molecule has 1 aliphatic rings. The van der Waals surface area contributed by atoms with Crippen LogP contribution in [0.3, 0.4) is 0 Å². The molecule has 0 saturated carbocycles. The van der Waals surface area contributed by atoms with Crippen LogP contribution < -0.4 is 22.9 Å². The molecule has 0 amide bonds. The molecule has 0 aliphatic heterocycles. The number of nitrogen functional groups attached to an aromatic ring is 4. The number of rotatable bonds is 1. The fourth-order valence-corrected chi connectivity index (χ4v) is 4.15. The van der Waals surface area contributed by atoms with Crippen molar-refractivity contribution in [2.75, 3.05) is 22.9 Å². The summed E-state index contributed by atoms with van der Waals surface area (Å²) in [6.45, 7) is 14.7. The van der Waals surface area contributed by atoms with E-state index in [0.717, 1.165) is 23.2 Å². The van der Waals surface area contributed by atoms with Crippen LogP contribution in [0.25, 0.3) is 0 Å². The Morgan fingerprint density at radius 3 is 1.65 bits per heavy atom. The van der Waals surface area contributed by atoms with Crippen molar-refractivity contribution in [2.45, 2.75) is 65.7 Å². The minimum Gasteiger partial charge on any atom is -0.399 e. The minimum absolute atomic E-state index is 0.00700. The monoisotopic (exact) mass is 356 g/mol. The first-order valence-corrected chi connectivity index (χ1v) is 9.50. The molecule has 1 atom stereocenters. The van der Waals surface area contributed by atoms with Crippen LogP contribution in [0.1, 0.15) is 71.6 Å². The molecule has 0 bridgehead atoms. The van der Waals surface area contributed by atoms with Gasteiger partial charge >= 0.3 is 0 Å². The van der Waals surface area contributed by atoms with Crippen LogP contribution in [0.4, 0.5) is 22.7 Å². The van der Waals surface area contributed by atoms with Gasteiger partial charge in [-0.05, 0) is 58.9 Å². The molecular weight excluding hydrogens is 320 g/mol. The third-order valence-corrected chi connectivity index (χ3v) is 4.88. The molecule has 0 saturated heterocycles. The first-order valence-electron chi connectivity index (χ1n) is 9.50. The van der Waals surface area contributed by atoms with E-state index in [0.29, 0.717) is 17.1 Å². The Bertz CT molecular complexity index is 745. The van der Waals surface area contributed by atoms with Gasteiger partial charge in [0, 0.05) is 28.2 Å². The molecule has 0 fully saturated rings. The Balaban J connectivity index is 0.000000791. The van der Waals surface area contributed by atoms with Crippen molar-refractivity contribution < 1.29 is 0 Å². The fourth-order valence-electron chi connectivity index (χ4n) is 4.15. The van der Waals surface area contributed by atoms with E-state index in [1.54, 1.807) is 6.07 Å². The summed E-state index contributed by atoms with van der Waals surface area (Å²) in [5, 5.41) is 0. The van der Waals surface area contributed by atoms with E-state index < -0.39 is 0 Å². The SMILES string of the molecule is CC.CC.CC1(C)CC(C)(c2cc(N)cc(N)c2)c2c(N)cc(N)cc21. The van der Waals surface area contributed by atoms with Gasteiger partial charge < -0.3 is 22.9 Å². The molecule has 0 aromatic heterocycles. The molecular formula is C22H36N4. The highest BCUT2D eigenvalue weighted by Crippen LogP contribution is 2.55. The van der Waals surface area contributed by atoms with E-state index >= 15 is 0 Å². The quantitative estimate of drug-likeness (QED) is 0.536. The van der Waals surface area contributed by atoms with E-state index in [-0.39, 0.29) is 10.8 Å². The zero-order valence-electron chi connectivity index (χ0n) is 17.4. The Labute approximate surface area is 159 Å². The fraction of sp³-hybridized carbons (Fsp3) is 0.455. The predicted molar refractivity (Wildman–Crippen MR) is 117 cm³/mol. The molecule has 0 radical (unpaired) electrons. The van der Waals surface area contributed by atoms with Crippen LogP contribution >= 0.6 is 0 Å². The standard InChI is InChI=1S/C18H24N4.2C2H6/c1-17(2)9-18(3,10-4-11(19)6-12(20)5-10)16-14(17)7-13(21)8-15(16)22;2*1-2/h4-8H,9,19-22H2,1-3H3;2*1-2H3. The maximum absolute atomic E-state index is 6.34. The molecule has 0 spiro atoms. The second-order valence-corrected chi connectivity index (χ2v) is 7.31. The van der Waals surface area contributed by atoms with E-state index in [9.17, 15) is 0 Å². The van der Waals surface area contributed by atoms with Gasteiger partial charge in [0.15, 0.2) is 0 Å². The normalized spacial score (nSPS) is 19.5. The van der Waals surface area contributed by atoms with Crippen LogP contribution in [0.5, 0.6) is 0 Å². The molecule has 1 unspecified atom stereocenters. The lowest BCUT2D eigenvalue weighted by Gasteiger charge is -2.29. The average molecular weight is 357 g/mol. The molecule has 8 N–H and O–H groups in total. The van der Waals surface area contributed by atoms with E-state index in [1.807, 2.05) is 52.0 Å². The molecule has 0 heterocycles. The van der Waals surface area contributed by atoms with Gasteiger partial charge in [0.1, 0.15) is 0 Å².